The molecule has 1 heterocycles. The summed E-state index contributed by atoms with van der Waals surface area (Å²) in [5.41, 5.74) is -0.0811. The zero-order valence-corrected chi connectivity index (χ0v) is 17.9. The third kappa shape index (κ3) is 3.55. The SMILES string of the molecule is O=C(c1ccc(Cl)cc1)c1c(-c2ccc(Cl)cc2)[n+](=O)c2cc(Cl)c(Cl)cc2n1[O-]. The quantitative estimate of drug-likeness (QED) is 0.251. The molecule has 0 N–H and O–H groups in total. The molecule has 150 valence electrons. The van der Waals surface area contributed by atoms with Crippen LogP contribution in [0.3, 0.4) is 0 Å². The number of rotatable bonds is 3. The van der Waals surface area contributed by atoms with Crippen LogP contribution in [0.15, 0.2) is 60.7 Å². The third-order valence-corrected chi connectivity index (χ3v) is 5.75. The van der Waals surface area contributed by atoms with Gasteiger partial charge < -0.3 is 9.94 Å². The number of nitrogens with zero attached hydrogens (tertiary/aromatic N) is 2. The average Bonchev–Trinajstić information content (AvgIpc) is 2.73. The number of hydrogen-bond acceptors (Lipinski definition) is 3. The van der Waals surface area contributed by atoms with E-state index in [4.69, 9.17) is 46.4 Å². The second-order valence-electron chi connectivity index (χ2n) is 6.38. The maximum atomic E-state index is 13.3. The first-order valence-electron chi connectivity index (χ1n) is 8.52. The lowest BCUT2D eigenvalue weighted by atomic mass is 10.0. The van der Waals surface area contributed by atoms with Gasteiger partial charge >= 0.3 is 0 Å². The molecule has 5 nitrogen and oxygen atoms in total. The number of carbonyl (C=O) groups is 1. The molecule has 0 atom stereocenters. The van der Waals surface area contributed by atoms with E-state index >= 15 is 0 Å². The number of hydrogen-bond donors (Lipinski definition) is 0. The van der Waals surface area contributed by atoms with E-state index in [9.17, 15) is 14.9 Å². The van der Waals surface area contributed by atoms with Gasteiger partial charge in [-0.15, -0.1) is 0 Å². The van der Waals surface area contributed by atoms with Crippen molar-refractivity contribution in [3.63, 3.8) is 0 Å². The van der Waals surface area contributed by atoms with Gasteiger partial charge in [0, 0.05) is 26.6 Å². The summed E-state index contributed by atoms with van der Waals surface area (Å²) >= 11 is 23.9. The molecule has 0 aliphatic carbocycles. The summed E-state index contributed by atoms with van der Waals surface area (Å²) in [5.74, 6) is -0.649. The molecule has 0 aliphatic heterocycles. The summed E-state index contributed by atoms with van der Waals surface area (Å²) in [5, 5.41) is 14.3. The lowest BCUT2D eigenvalue weighted by Crippen LogP contribution is -2.27. The molecule has 0 fully saturated rings. The summed E-state index contributed by atoms with van der Waals surface area (Å²) in [6, 6.07) is 14.8. The lowest BCUT2D eigenvalue weighted by molar-refractivity contribution is -0.451. The summed E-state index contributed by atoms with van der Waals surface area (Å²) in [6.45, 7) is 0. The molecule has 0 saturated carbocycles. The first-order valence-corrected chi connectivity index (χ1v) is 10.0. The maximum absolute atomic E-state index is 13.3. The topological polar surface area (TPSA) is 68.0 Å². The van der Waals surface area contributed by atoms with Crippen molar-refractivity contribution in [3.05, 3.63) is 102 Å². The van der Waals surface area contributed by atoms with E-state index in [1.54, 1.807) is 24.3 Å². The van der Waals surface area contributed by atoms with Crippen molar-refractivity contribution < 1.29 is 9.22 Å². The molecule has 0 spiro atoms. The molecule has 9 heteroatoms. The van der Waals surface area contributed by atoms with Crippen LogP contribution in [0.2, 0.25) is 20.1 Å². The van der Waals surface area contributed by atoms with Crippen molar-refractivity contribution in [2.75, 3.05) is 0 Å². The highest BCUT2D eigenvalue weighted by Gasteiger charge is 2.30. The maximum Gasteiger partial charge on any atom is 0.298 e. The van der Waals surface area contributed by atoms with Crippen molar-refractivity contribution in [2.24, 2.45) is 0 Å². The Balaban J connectivity index is 2.12. The van der Waals surface area contributed by atoms with Crippen molar-refractivity contribution >= 4 is 63.2 Å². The zero-order chi connectivity index (χ0) is 21.6. The van der Waals surface area contributed by atoms with Gasteiger partial charge in [0.2, 0.25) is 5.78 Å². The Labute approximate surface area is 190 Å². The number of halogens is 4. The average molecular weight is 480 g/mol. The molecule has 4 aromatic rings. The van der Waals surface area contributed by atoms with Crippen LogP contribution in [0.5, 0.6) is 0 Å². The van der Waals surface area contributed by atoms with E-state index in [0.29, 0.717) is 24.8 Å². The molecule has 0 unspecified atom stereocenters. The largest absolute Gasteiger partial charge is 0.805 e. The minimum absolute atomic E-state index is 0.0305. The molecular formula is C21H10Cl4N2O3. The normalized spacial score (nSPS) is 11.1. The van der Waals surface area contributed by atoms with Crippen LogP contribution in [-0.2, 0) is 0 Å². The highest BCUT2D eigenvalue weighted by Crippen LogP contribution is 2.31. The highest BCUT2D eigenvalue weighted by atomic mass is 35.5. The molecule has 0 amide bonds. The highest BCUT2D eigenvalue weighted by molar-refractivity contribution is 6.42. The zero-order valence-electron chi connectivity index (χ0n) is 14.9. The van der Waals surface area contributed by atoms with Gasteiger partial charge in [-0.1, -0.05) is 46.4 Å². The van der Waals surface area contributed by atoms with E-state index in [2.05, 4.69) is 0 Å². The molecule has 0 radical (unpaired) electrons. The molecule has 30 heavy (non-hydrogen) atoms. The molecular weight excluding hydrogens is 470 g/mol. The van der Waals surface area contributed by atoms with Crippen molar-refractivity contribution in [1.29, 1.82) is 0 Å². The second-order valence-corrected chi connectivity index (χ2v) is 8.07. The standard InChI is InChI=1S/C21H10Cl4N2O3/c22-13-5-1-11(2-6-13)19-20(21(28)12-3-7-14(23)8-4-12)27(30)18-10-16(25)15(24)9-17(18)26(19)29/h1-10H. The fourth-order valence-electron chi connectivity index (χ4n) is 3.08. The minimum atomic E-state index is -0.649. The Morgan fingerprint density at radius 1 is 0.833 bits per heavy atom. The van der Waals surface area contributed by atoms with Crippen LogP contribution in [0.1, 0.15) is 16.1 Å². The summed E-state index contributed by atoms with van der Waals surface area (Å²) in [7, 11) is 0. The lowest BCUT2D eigenvalue weighted by Gasteiger charge is -2.19. The van der Waals surface area contributed by atoms with Crippen LogP contribution in [-0.4, -0.2) is 10.5 Å². The Kier molecular flexibility index (Phi) is 5.47. The van der Waals surface area contributed by atoms with E-state index < -0.39 is 5.78 Å². The monoisotopic (exact) mass is 478 g/mol. The molecule has 4 rings (SSSR count). The predicted octanol–water partition coefficient (Wildman–Crippen LogP) is 6.41. The van der Waals surface area contributed by atoms with E-state index in [1.807, 2.05) is 0 Å². The van der Waals surface area contributed by atoms with Gasteiger partial charge in [-0.25, -0.2) is 0 Å². The summed E-state index contributed by atoms with van der Waals surface area (Å²) < 4.78 is 0.894. The third-order valence-electron chi connectivity index (χ3n) is 4.52. The van der Waals surface area contributed by atoms with Gasteiger partial charge in [-0.2, -0.15) is 0 Å². The van der Waals surface area contributed by atoms with Gasteiger partial charge in [-0.3, -0.25) is 4.79 Å². The van der Waals surface area contributed by atoms with Crippen LogP contribution < -0.4 is 4.43 Å². The number of aromatic nitrogens is 2. The fraction of sp³-hybridized carbons (Fsp3) is 0. The van der Waals surface area contributed by atoms with Gasteiger partial charge in [0.15, 0.2) is 5.69 Å². The Morgan fingerprint density at radius 3 is 1.97 bits per heavy atom. The number of benzene rings is 3. The summed E-state index contributed by atoms with van der Waals surface area (Å²) in [6.07, 6.45) is 0. The molecule has 1 aromatic heterocycles. The molecule has 0 aliphatic rings. The predicted molar refractivity (Wildman–Crippen MR) is 119 cm³/mol. The number of ketones is 1. The van der Waals surface area contributed by atoms with Crippen LogP contribution >= 0.6 is 46.4 Å². The fourth-order valence-corrected chi connectivity index (χ4v) is 3.65. The van der Waals surface area contributed by atoms with Crippen LogP contribution in [0.4, 0.5) is 0 Å². The van der Waals surface area contributed by atoms with Crippen LogP contribution in [0.25, 0.3) is 22.3 Å². The Bertz CT molecular complexity index is 1360. The first-order chi connectivity index (χ1) is 14.3. The number of carbonyl (C=O) groups excluding carboxylic acids is 1. The van der Waals surface area contributed by atoms with Gasteiger partial charge in [0.1, 0.15) is 5.52 Å². The summed E-state index contributed by atoms with van der Waals surface area (Å²) in [4.78, 5) is 26.6. The molecule has 0 bridgehead atoms. The number of fused-ring (bicyclic) bond motifs is 1. The van der Waals surface area contributed by atoms with Gasteiger partial charge in [0.05, 0.1) is 20.0 Å². The molecule has 0 saturated heterocycles. The molecule has 3 aromatic carbocycles. The van der Waals surface area contributed by atoms with Crippen LogP contribution in [0, 0.1) is 10.1 Å². The Hall–Kier alpha value is -2.57. The van der Waals surface area contributed by atoms with Crippen molar-refractivity contribution in [2.45, 2.75) is 0 Å². The minimum Gasteiger partial charge on any atom is -0.805 e. The van der Waals surface area contributed by atoms with Gasteiger partial charge in [0.25, 0.3) is 11.2 Å². The van der Waals surface area contributed by atoms with Crippen molar-refractivity contribution in [3.8, 4) is 11.3 Å². The first kappa shape index (κ1) is 20.7. The van der Waals surface area contributed by atoms with Crippen molar-refractivity contribution in [1.82, 2.24) is 4.73 Å². The Morgan fingerprint density at radius 2 is 1.37 bits per heavy atom. The van der Waals surface area contributed by atoms with E-state index in [0.717, 1.165) is 0 Å². The van der Waals surface area contributed by atoms with E-state index in [-0.39, 0.29) is 38.0 Å². The second kappa shape index (κ2) is 7.93. The van der Waals surface area contributed by atoms with Gasteiger partial charge in [-0.05, 0) is 54.6 Å². The van der Waals surface area contributed by atoms with E-state index in [1.165, 1.54) is 36.4 Å². The smallest absolute Gasteiger partial charge is 0.298 e.